The van der Waals surface area contributed by atoms with Gasteiger partial charge in [-0.2, -0.15) is 5.10 Å². The highest BCUT2D eigenvalue weighted by Gasteiger charge is 2.04. The third kappa shape index (κ3) is 3.00. The summed E-state index contributed by atoms with van der Waals surface area (Å²) in [5.41, 5.74) is 3.37. The third-order valence-electron chi connectivity index (χ3n) is 3.08. The van der Waals surface area contributed by atoms with Gasteiger partial charge in [-0.25, -0.2) is 4.98 Å². The van der Waals surface area contributed by atoms with Crippen LogP contribution in [0.15, 0.2) is 41.0 Å². The molecule has 0 bridgehead atoms. The Kier molecular flexibility index (Phi) is 3.51. The average molecular weight is 282 g/mol. The molecule has 3 aromatic rings. The maximum Gasteiger partial charge on any atom is 0.244 e. The number of nitrogens with one attached hydrogen (secondary N) is 2. The number of oxazole rings is 1. The van der Waals surface area contributed by atoms with E-state index >= 15 is 0 Å². The van der Waals surface area contributed by atoms with Gasteiger partial charge in [0.1, 0.15) is 5.52 Å². The van der Waals surface area contributed by atoms with Crippen LogP contribution in [0, 0.1) is 6.92 Å². The van der Waals surface area contributed by atoms with Gasteiger partial charge in [0.05, 0.1) is 6.20 Å². The minimum Gasteiger partial charge on any atom is -0.437 e. The van der Waals surface area contributed by atoms with Crippen LogP contribution in [0.1, 0.15) is 17.1 Å². The monoisotopic (exact) mass is 282 g/mol. The SMILES string of the molecule is Cc1[nH]ncc1CNC(=O)/C=C/c1nc2ccccc2o1. The van der Waals surface area contributed by atoms with Crippen LogP contribution in [0.25, 0.3) is 17.2 Å². The maximum absolute atomic E-state index is 11.7. The Labute approximate surface area is 120 Å². The number of amides is 1. The molecule has 0 saturated carbocycles. The molecule has 2 heterocycles. The van der Waals surface area contributed by atoms with Gasteiger partial charge >= 0.3 is 0 Å². The van der Waals surface area contributed by atoms with E-state index in [2.05, 4.69) is 20.5 Å². The molecule has 0 radical (unpaired) electrons. The molecule has 0 aliphatic carbocycles. The molecule has 3 rings (SSSR count). The minimum atomic E-state index is -0.210. The lowest BCUT2D eigenvalue weighted by Gasteiger charge is -1.99. The number of carbonyl (C=O) groups excluding carboxylic acids is 1. The summed E-state index contributed by atoms with van der Waals surface area (Å²) in [6, 6.07) is 7.46. The number of aromatic amines is 1. The van der Waals surface area contributed by atoms with E-state index in [0.717, 1.165) is 16.8 Å². The number of hydrogen-bond donors (Lipinski definition) is 2. The van der Waals surface area contributed by atoms with Crippen molar-refractivity contribution >= 4 is 23.1 Å². The molecule has 1 amide bonds. The Hall–Kier alpha value is -2.89. The van der Waals surface area contributed by atoms with Gasteiger partial charge in [-0.1, -0.05) is 12.1 Å². The molecule has 2 N–H and O–H groups in total. The molecule has 106 valence electrons. The van der Waals surface area contributed by atoms with Crippen molar-refractivity contribution in [3.63, 3.8) is 0 Å². The number of para-hydroxylation sites is 2. The lowest BCUT2D eigenvalue weighted by atomic mass is 10.2. The Morgan fingerprint density at radius 2 is 2.29 bits per heavy atom. The number of fused-ring (bicyclic) bond motifs is 1. The van der Waals surface area contributed by atoms with Crippen LogP contribution in [0.4, 0.5) is 0 Å². The molecule has 6 heteroatoms. The van der Waals surface area contributed by atoms with E-state index in [4.69, 9.17) is 4.42 Å². The highest BCUT2D eigenvalue weighted by Crippen LogP contribution is 2.15. The number of benzene rings is 1. The largest absolute Gasteiger partial charge is 0.437 e. The zero-order chi connectivity index (χ0) is 14.7. The molecule has 0 spiro atoms. The van der Waals surface area contributed by atoms with E-state index in [9.17, 15) is 4.79 Å². The van der Waals surface area contributed by atoms with Crippen molar-refractivity contribution in [2.24, 2.45) is 0 Å². The van der Waals surface area contributed by atoms with Gasteiger partial charge in [-0.05, 0) is 19.1 Å². The molecular formula is C15H14N4O2. The number of aromatic nitrogens is 3. The van der Waals surface area contributed by atoms with E-state index in [0.29, 0.717) is 18.0 Å². The van der Waals surface area contributed by atoms with Crippen molar-refractivity contribution < 1.29 is 9.21 Å². The van der Waals surface area contributed by atoms with Crippen LogP contribution in [-0.2, 0) is 11.3 Å². The van der Waals surface area contributed by atoms with Gasteiger partial charge < -0.3 is 9.73 Å². The molecule has 6 nitrogen and oxygen atoms in total. The second-order valence-electron chi connectivity index (χ2n) is 4.59. The predicted molar refractivity (Wildman–Crippen MR) is 78.2 cm³/mol. The summed E-state index contributed by atoms with van der Waals surface area (Å²) in [7, 11) is 0. The highest BCUT2D eigenvalue weighted by atomic mass is 16.3. The number of H-pyrrole nitrogens is 1. The number of carbonyl (C=O) groups is 1. The number of hydrogen-bond acceptors (Lipinski definition) is 4. The van der Waals surface area contributed by atoms with Crippen molar-refractivity contribution in [3.05, 3.63) is 53.7 Å². The summed E-state index contributed by atoms with van der Waals surface area (Å²) in [6.45, 7) is 2.34. The summed E-state index contributed by atoms with van der Waals surface area (Å²) in [6.07, 6.45) is 4.65. The van der Waals surface area contributed by atoms with Crippen molar-refractivity contribution in [2.45, 2.75) is 13.5 Å². The normalized spacial score (nSPS) is 11.3. The second-order valence-corrected chi connectivity index (χ2v) is 4.59. The van der Waals surface area contributed by atoms with Crippen LogP contribution < -0.4 is 5.32 Å². The molecule has 0 aliphatic rings. The molecule has 0 fully saturated rings. The van der Waals surface area contributed by atoms with Crippen molar-refractivity contribution in [1.29, 1.82) is 0 Å². The number of aryl methyl sites for hydroxylation is 1. The van der Waals surface area contributed by atoms with Crippen LogP contribution in [0.3, 0.4) is 0 Å². The van der Waals surface area contributed by atoms with Crippen molar-refractivity contribution in [3.8, 4) is 0 Å². The van der Waals surface area contributed by atoms with Gasteiger partial charge in [0.2, 0.25) is 11.8 Å². The molecule has 2 aromatic heterocycles. The molecule has 0 saturated heterocycles. The first-order valence-electron chi connectivity index (χ1n) is 6.53. The Morgan fingerprint density at radius 3 is 3.05 bits per heavy atom. The number of rotatable bonds is 4. The average Bonchev–Trinajstić information content (AvgIpc) is 3.08. The summed E-state index contributed by atoms with van der Waals surface area (Å²) in [5, 5.41) is 9.49. The van der Waals surface area contributed by atoms with Gasteiger partial charge in [0.15, 0.2) is 5.58 Å². The van der Waals surface area contributed by atoms with E-state index in [1.165, 1.54) is 6.08 Å². The topological polar surface area (TPSA) is 83.8 Å². The zero-order valence-electron chi connectivity index (χ0n) is 11.5. The van der Waals surface area contributed by atoms with E-state index in [-0.39, 0.29) is 5.91 Å². The van der Waals surface area contributed by atoms with Gasteiger partial charge in [-0.15, -0.1) is 0 Å². The Morgan fingerprint density at radius 1 is 1.43 bits per heavy atom. The zero-order valence-corrected chi connectivity index (χ0v) is 11.5. The molecular weight excluding hydrogens is 268 g/mol. The fraction of sp³-hybridized carbons (Fsp3) is 0.133. The lowest BCUT2D eigenvalue weighted by Crippen LogP contribution is -2.20. The van der Waals surface area contributed by atoms with Crippen LogP contribution >= 0.6 is 0 Å². The van der Waals surface area contributed by atoms with Gasteiger partial charge in [-0.3, -0.25) is 9.89 Å². The summed E-state index contributed by atoms with van der Waals surface area (Å²) >= 11 is 0. The van der Waals surface area contributed by atoms with Crippen LogP contribution in [0.2, 0.25) is 0 Å². The van der Waals surface area contributed by atoms with E-state index in [1.807, 2.05) is 31.2 Å². The summed E-state index contributed by atoms with van der Waals surface area (Å²) < 4.78 is 5.50. The standard InChI is InChI=1S/C15H14N4O2/c1-10-11(9-17-19-10)8-16-14(20)6-7-15-18-12-4-2-3-5-13(12)21-15/h2-7,9H,8H2,1H3,(H,16,20)(H,17,19)/b7-6+. The summed E-state index contributed by atoms with van der Waals surface area (Å²) in [5.74, 6) is 0.198. The fourth-order valence-electron chi connectivity index (χ4n) is 1.90. The van der Waals surface area contributed by atoms with E-state index < -0.39 is 0 Å². The van der Waals surface area contributed by atoms with Crippen molar-refractivity contribution in [2.75, 3.05) is 0 Å². The fourth-order valence-corrected chi connectivity index (χ4v) is 1.90. The Bertz CT molecular complexity index is 768. The Balaban J connectivity index is 1.62. The maximum atomic E-state index is 11.7. The number of nitrogens with zero attached hydrogens (tertiary/aromatic N) is 2. The van der Waals surface area contributed by atoms with Crippen molar-refractivity contribution in [1.82, 2.24) is 20.5 Å². The van der Waals surface area contributed by atoms with Gasteiger partial charge in [0, 0.05) is 30.0 Å². The molecule has 0 atom stereocenters. The molecule has 0 aliphatic heterocycles. The lowest BCUT2D eigenvalue weighted by molar-refractivity contribution is -0.116. The molecule has 21 heavy (non-hydrogen) atoms. The second kappa shape index (κ2) is 5.62. The first-order valence-corrected chi connectivity index (χ1v) is 6.53. The highest BCUT2D eigenvalue weighted by molar-refractivity contribution is 5.91. The quantitative estimate of drug-likeness (QED) is 0.718. The molecule has 1 aromatic carbocycles. The third-order valence-corrected chi connectivity index (χ3v) is 3.08. The summed E-state index contributed by atoms with van der Waals surface area (Å²) in [4.78, 5) is 16.0. The van der Waals surface area contributed by atoms with Gasteiger partial charge in [0.25, 0.3) is 0 Å². The first-order chi connectivity index (χ1) is 10.2. The first kappa shape index (κ1) is 13.1. The van der Waals surface area contributed by atoms with Crippen LogP contribution in [0.5, 0.6) is 0 Å². The predicted octanol–water partition coefficient (Wildman–Crippen LogP) is 2.19. The van der Waals surface area contributed by atoms with Crippen LogP contribution in [-0.4, -0.2) is 21.1 Å². The smallest absolute Gasteiger partial charge is 0.244 e. The minimum absolute atomic E-state index is 0.210. The molecule has 0 unspecified atom stereocenters. The van der Waals surface area contributed by atoms with E-state index in [1.54, 1.807) is 12.3 Å².